The average Bonchev–Trinajstić information content (AvgIpc) is 2.28. The molecule has 0 aromatic carbocycles. The van der Waals surface area contributed by atoms with Gasteiger partial charge in [0.15, 0.2) is 0 Å². The topological polar surface area (TPSA) is 42.4 Å². The molecule has 0 aliphatic carbocycles. The van der Waals surface area contributed by atoms with Crippen LogP contribution in [0.3, 0.4) is 0 Å². The lowest BCUT2D eigenvalue weighted by atomic mass is 10.1. The van der Waals surface area contributed by atoms with Gasteiger partial charge in [0.2, 0.25) is 0 Å². The van der Waals surface area contributed by atoms with Crippen LogP contribution in [-0.4, -0.2) is 29.6 Å². The van der Waals surface area contributed by atoms with E-state index >= 15 is 0 Å². The number of aromatic nitrogens is 1. The maximum atomic E-state index is 8.67. The molecule has 0 spiro atoms. The van der Waals surface area contributed by atoms with Crippen molar-refractivity contribution in [2.24, 2.45) is 0 Å². The van der Waals surface area contributed by atoms with E-state index in [1.54, 1.807) is 28.7 Å². The Bertz CT molecular complexity index is 345. The summed E-state index contributed by atoms with van der Waals surface area (Å²) in [6, 6.07) is 0. The van der Waals surface area contributed by atoms with Gasteiger partial charge in [0.05, 0.1) is 19.4 Å². The standard InChI is InChI=1S/C11H17NO2S2/c1-8-6-12-10(7-16-15-5-4-13)9(2)11(8)14-3/h6,13H,4-5,7H2,1-3H3. The number of aliphatic hydroxyl groups is 1. The van der Waals surface area contributed by atoms with E-state index in [-0.39, 0.29) is 6.61 Å². The number of rotatable bonds is 6. The fourth-order valence-electron chi connectivity index (χ4n) is 1.41. The zero-order valence-corrected chi connectivity index (χ0v) is 11.5. The first-order valence-electron chi connectivity index (χ1n) is 5.05. The fraction of sp³-hybridized carbons (Fsp3) is 0.545. The molecule has 0 aliphatic rings. The number of aryl methyl sites for hydroxylation is 1. The minimum absolute atomic E-state index is 0.224. The van der Waals surface area contributed by atoms with Gasteiger partial charge in [-0.1, -0.05) is 21.6 Å². The van der Waals surface area contributed by atoms with Gasteiger partial charge < -0.3 is 9.84 Å². The van der Waals surface area contributed by atoms with Crippen molar-refractivity contribution in [2.75, 3.05) is 19.5 Å². The number of methoxy groups -OCH3 is 1. The molecular formula is C11H17NO2S2. The lowest BCUT2D eigenvalue weighted by molar-refractivity contribution is 0.323. The van der Waals surface area contributed by atoms with Crippen LogP contribution < -0.4 is 4.74 Å². The highest BCUT2D eigenvalue weighted by Gasteiger charge is 2.09. The summed E-state index contributed by atoms with van der Waals surface area (Å²) in [4.78, 5) is 4.41. The lowest BCUT2D eigenvalue weighted by Crippen LogP contribution is -1.98. The Morgan fingerprint density at radius 3 is 2.75 bits per heavy atom. The van der Waals surface area contributed by atoms with Gasteiger partial charge in [0.25, 0.3) is 0 Å². The molecule has 1 rings (SSSR count). The van der Waals surface area contributed by atoms with Crippen LogP contribution in [0, 0.1) is 13.8 Å². The SMILES string of the molecule is COc1c(C)cnc(CSSCCO)c1C. The van der Waals surface area contributed by atoms with E-state index in [4.69, 9.17) is 9.84 Å². The van der Waals surface area contributed by atoms with Crippen LogP contribution in [0.25, 0.3) is 0 Å². The Morgan fingerprint density at radius 2 is 2.12 bits per heavy atom. The van der Waals surface area contributed by atoms with E-state index in [0.29, 0.717) is 0 Å². The molecule has 0 unspecified atom stereocenters. The number of aliphatic hydroxyl groups excluding tert-OH is 1. The van der Waals surface area contributed by atoms with E-state index in [1.807, 2.05) is 20.0 Å². The highest BCUT2D eigenvalue weighted by molar-refractivity contribution is 8.76. The largest absolute Gasteiger partial charge is 0.496 e. The summed E-state index contributed by atoms with van der Waals surface area (Å²) in [5, 5.41) is 8.67. The highest BCUT2D eigenvalue weighted by Crippen LogP contribution is 2.30. The van der Waals surface area contributed by atoms with Crippen molar-refractivity contribution < 1.29 is 9.84 Å². The van der Waals surface area contributed by atoms with Crippen LogP contribution in [-0.2, 0) is 5.75 Å². The summed E-state index contributed by atoms with van der Waals surface area (Å²) in [5.41, 5.74) is 3.23. The molecule has 1 heterocycles. The molecule has 90 valence electrons. The Balaban J connectivity index is 2.66. The first-order valence-corrected chi connectivity index (χ1v) is 7.53. The van der Waals surface area contributed by atoms with Crippen molar-refractivity contribution in [3.05, 3.63) is 23.0 Å². The Labute approximate surface area is 104 Å². The number of hydrogen-bond donors (Lipinski definition) is 1. The number of ether oxygens (including phenoxy) is 1. The molecule has 0 radical (unpaired) electrons. The molecule has 1 aromatic rings. The molecule has 0 saturated carbocycles. The van der Waals surface area contributed by atoms with Gasteiger partial charge in [-0.15, -0.1) is 0 Å². The van der Waals surface area contributed by atoms with Crippen molar-refractivity contribution in [1.82, 2.24) is 4.98 Å². The molecule has 0 fully saturated rings. The van der Waals surface area contributed by atoms with Crippen molar-refractivity contribution in [3.63, 3.8) is 0 Å². The van der Waals surface area contributed by atoms with Crippen LogP contribution >= 0.6 is 21.6 Å². The van der Waals surface area contributed by atoms with Crippen LogP contribution in [0.4, 0.5) is 0 Å². The van der Waals surface area contributed by atoms with E-state index in [1.165, 1.54) is 0 Å². The van der Waals surface area contributed by atoms with Gasteiger partial charge in [0, 0.05) is 28.8 Å². The third-order valence-electron chi connectivity index (χ3n) is 2.20. The van der Waals surface area contributed by atoms with Gasteiger partial charge in [-0.3, -0.25) is 4.98 Å². The number of pyridine rings is 1. The summed E-state index contributed by atoms with van der Waals surface area (Å²) in [5.74, 6) is 2.53. The smallest absolute Gasteiger partial charge is 0.128 e. The predicted octanol–water partition coefficient (Wildman–Crippen LogP) is 2.58. The Kier molecular flexibility index (Phi) is 6.01. The molecule has 0 amide bonds. The van der Waals surface area contributed by atoms with Gasteiger partial charge in [-0.05, 0) is 13.8 Å². The molecule has 1 aromatic heterocycles. The van der Waals surface area contributed by atoms with Crippen LogP contribution in [0.1, 0.15) is 16.8 Å². The second kappa shape index (κ2) is 7.04. The molecule has 5 heteroatoms. The summed E-state index contributed by atoms with van der Waals surface area (Å²) in [6.45, 7) is 4.25. The molecule has 0 bridgehead atoms. The maximum absolute atomic E-state index is 8.67. The summed E-state index contributed by atoms with van der Waals surface area (Å²) in [6.07, 6.45) is 1.85. The summed E-state index contributed by atoms with van der Waals surface area (Å²) < 4.78 is 5.35. The maximum Gasteiger partial charge on any atom is 0.128 e. The average molecular weight is 259 g/mol. The molecule has 0 atom stereocenters. The van der Waals surface area contributed by atoms with Gasteiger partial charge in [-0.25, -0.2) is 0 Å². The quantitative estimate of drug-likeness (QED) is 0.628. The van der Waals surface area contributed by atoms with E-state index in [0.717, 1.165) is 34.1 Å². The first-order chi connectivity index (χ1) is 7.70. The second-order valence-electron chi connectivity index (χ2n) is 3.35. The Morgan fingerprint density at radius 1 is 1.38 bits per heavy atom. The third-order valence-corrected chi connectivity index (χ3v) is 4.46. The zero-order chi connectivity index (χ0) is 12.0. The van der Waals surface area contributed by atoms with Crippen molar-refractivity contribution >= 4 is 21.6 Å². The predicted molar refractivity (Wildman–Crippen MR) is 71.1 cm³/mol. The normalized spacial score (nSPS) is 10.5. The van der Waals surface area contributed by atoms with Gasteiger partial charge in [-0.2, -0.15) is 0 Å². The van der Waals surface area contributed by atoms with Gasteiger partial charge in [0.1, 0.15) is 5.75 Å². The van der Waals surface area contributed by atoms with Crippen LogP contribution in [0.5, 0.6) is 5.75 Å². The molecule has 0 aliphatic heterocycles. The molecule has 1 N–H and O–H groups in total. The number of hydrogen-bond acceptors (Lipinski definition) is 5. The summed E-state index contributed by atoms with van der Waals surface area (Å²) in [7, 11) is 5.06. The summed E-state index contributed by atoms with van der Waals surface area (Å²) >= 11 is 0. The highest BCUT2D eigenvalue weighted by atomic mass is 33.1. The lowest BCUT2D eigenvalue weighted by Gasteiger charge is -2.11. The van der Waals surface area contributed by atoms with E-state index in [2.05, 4.69) is 4.98 Å². The van der Waals surface area contributed by atoms with Crippen LogP contribution in [0.15, 0.2) is 6.20 Å². The molecule has 16 heavy (non-hydrogen) atoms. The van der Waals surface area contributed by atoms with Crippen molar-refractivity contribution in [3.8, 4) is 5.75 Å². The zero-order valence-electron chi connectivity index (χ0n) is 9.82. The molecule has 0 saturated heterocycles. The monoisotopic (exact) mass is 259 g/mol. The van der Waals surface area contributed by atoms with Gasteiger partial charge >= 0.3 is 0 Å². The van der Waals surface area contributed by atoms with E-state index < -0.39 is 0 Å². The van der Waals surface area contributed by atoms with Crippen LogP contribution in [0.2, 0.25) is 0 Å². The number of nitrogens with zero attached hydrogens (tertiary/aromatic N) is 1. The fourth-order valence-corrected chi connectivity index (χ4v) is 3.25. The minimum atomic E-state index is 0.224. The van der Waals surface area contributed by atoms with Crippen molar-refractivity contribution in [2.45, 2.75) is 19.6 Å². The molecular weight excluding hydrogens is 242 g/mol. The first kappa shape index (κ1) is 13.7. The van der Waals surface area contributed by atoms with E-state index in [9.17, 15) is 0 Å². The minimum Gasteiger partial charge on any atom is -0.496 e. The molecule has 3 nitrogen and oxygen atoms in total. The Hall–Kier alpha value is -0.390. The third kappa shape index (κ3) is 3.57. The van der Waals surface area contributed by atoms with Crippen molar-refractivity contribution in [1.29, 1.82) is 0 Å². The second-order valence-corrected chi connectivity index (χ2v) is 5.94.